The molecule has 0 aromatic heterocycles. The van der Waals surface area contributed by atoms with E-state index in [1.807, 2.05) is 30.3 Å². The number of carbonyl (C=O) groups excluding carboxylic acids is 3. The monoisotopic (exact) mass is 317 g/mol. The van der Waals surface area contributed by atoms with Crippen LogP contribution >= 0.6 is 0 Å². The lowest BCUT2D eigenvalue weighted by molar-refractivity contribution is -0.137. The van der Waals surface area contributed by atoms with Crippen LogP contribution in [-0.4, -0.2) is 41.8 Å². The lowest BCUT2D eigenvalue weighted by Crippen LogP contribution is -2.47. The quantitative estimate of drug-likeness (QED) is 0.771. The van der Waals surface area contributed by atoms with E-state index in [9.17, 15) is 14.4 Å². The van der Waals surface area contributed by atoms with Gasteiger partial charge in [-0.05, 0) is 31.2 Å². The zero-order valence-corrected chi connectivity index (χ0v) is 13.2. The molecule has 1 fully saturated rings. The van der Waals surface area contributed by atoms with Crippen molar-refractivity contribution in [1.29, 1.82) is 0 Å². The van der Waals surface area contributed by atoms with E-state index >= 15 is 0 Å². The number of nitrogens with two attached hydrogens (primary N) is 1. The molecule has 3 amide bonds. The normalized spacial score (nSPS) is 17.0. The van der Waals surface area contributed by atoms with Crippen molar-refractivity contribution in [2.24, 2.45) is 5.73 Å². The Bertz CT molecular complexity index is 559. The molecule has 1 atom stereocenters. The fraction of sp³-hybridized carbons (Fsp3) is 0.471. The number of benzene rings is 1. The molecule has 1 heterocycles. The summed E-state index contributed by atoms with van der Waals surface area (Å²) in [5.41, 5.74) is 6.48. The zero-order chi connectivity index (χ0) is 16.7. The van der Waals surface area contributed by atoms with Crippen molar-refractivity contribution in [3.8, 4) is 0 Å². The highest BCUT2D eigenvalue weighted by Crippen LogP contribution is 2.16. The minimum absolute atomic E-state index is 0.0754. The maximum Gasteiger partial charge on any atom is 0.242 e. The van der Waals surface area contributed by atoms with Gasteiger partial charge in [-0.3, -0.25) is 14.4 Å². The molecular formula is C17H23N3O3. The van der Waals surface area contributed by atoms with Gasteiger partial charge in [0.1, 0.15) is 6.04 Å². The molecule has 6 nitrogen and oxygen atoms in total. The third-order valence-corrected chi connectivity index (χ3v) is 4.05. The van der Waals surface area contributed by atoms with Crippen LogP contribution in [0.15, 0.2) is 30.3 Å². The second-order valence-electron chi connectivity index (χ2n) is 5.76. The van der Waals surface area contributed by atoms with Crippen LogP contribution in [0.5, 0.6) is 0 Å². The highest BCUT2D eigenvalue weighted by atomic mass is 16.2. The fourth-order valence-electron chi connectivity index (χ4n) is 2.82. The molecule has 1 saturated heterocycles. The molecule has 0 spiro atoms. The van der Waals surface area contributed by atoms with E-state index in [4.69, 9.17) is 5.73 Å². The third kappa shape index (κ3) is 5.09. The van der Waals surface area contributed by atoms with E-state index in [1.165, 1.54) is 10.5 Å². The van der Waals surface area contributed by atoms with Crippen LogP contribution in [0.3, 0.4) is 0 Å². The Morgan fingerprint density at radius 2 is 1.96 bits per heavy atom. The van der Waals surface area contributed by atoms with E-state index in [0.29, 0.717) is 19.4 Å². The van der Waals surface area contributed by atoms with Gasteiger partial charge in [0.05, 0.1) is 6.54 Å². The van der Waals surface area contributed by atoms with Gasteiger partial charge >= 0.3 is 0 Å². The van der Waals surface area contributed by atoms with Crippen LogP contribution in [0, 0.1) is 0 Å². The topological polar surface area (TPSA) is 92.5 Å². The molecule has 1 aromatic carbocycles. The van der Waals surface area contributed by atoms with Gasteiger partial charge in [-0.15, -0.1) is 0 Å². The number of amides is 3. The first-order chi connectivity index (χ1) is 11.1. The van der Waals surface area contributed by atoms with Crippen molar-refractivity contribution in [1.82, 2.24) is 10.2 Å². The lowest BCUT2D eigenvalue weighted by atomic mass is 10.1. The minimum atomic E-state index is -0.530. The molecule has 0 aliphatic carbocycles. The van der Waals surface area contributed by atoms with Crippen molar-refractivity contribution in [3.63, 3.8) is 0 Å². The van der Waals surface area contributed by atoms with Crippen LogP contribution < -0.4 is 11.1 Å². The van der Waals surface area contributed by atoms with Crippen LogP contribution in [0.1, 0.15) is 31.2 Å². The molecular weight excluding hydrogens is 294 g/mol. The molecule has 1 aliphatic heterocycles. The van der Waals surface area contributed by atoms with Crippen molar-refractivity contribution in [2.75, 3.05) is 13.1 Å². The van der Waals surface area contributed by atoms with Gasteiger partial charge in [-0.2, -0.15) is 0 Å². The first-order valence-electron chi connectivity index (χ1n) is 7.97. The average Bonchev–Trinajstić information content (AvgIpc) is 3.03. The summed E-state index contributed by atoms with van der Waals surface area (Å²) in [5.74, 6) is -0.878. The number of rotatable bonds is 7. The number of likely N-dealkylation sites (tertiary alicyclic amines) is 1. The van der Waals surface area contributed by atoms with E-state index in [0.717, 1.165) is 19.3 Å². The van der Waals surface area contributed by atoms with E-state index in [2.05, 4.69) is 5.32 Å². The number of hydrogen-bond donors (Lipinski definition) is 2. The Hall–Kier alpha value is -2.37. The van der Waals surface area contributed by atoms with Crippen molar-refractivity contribution < 1.29 is 14.4 Å². The number of hydrogen-bond acceptors (Lipinski definition) is 3. The first-order valence-corrected chi connectivity index (χ1v) is 7.97. The van der Waals surface area contributed by atoms with Crippen LogP contribution in [0.25, 0.3) is 0 Å². The lowest BCUT2D eigenvalue weighted by Gasteiger charge is -2.22. The first kappa shape index (κ1) is 17.0. The number of carbonyl (C=O) groups is 3. The van der Waals surface area contributed by atoms with E-state index in [-0.39, 0.29) is 18.4 Å². The molecule has 124 valence electrons. The van der Waals surface area contributed by atoms with Crippen molar-refractivity contribution in [3.05, 3.63) is 35.9 Å². The maximum absolute atomic E-state index is 12.1. The molecule has 1 aromatic rings. The predicted octanol–water partition coefficient (Wildman–Crippen LogP) is 0.602. The Balaban J connectivity index is 1.67. The number of nitrogens with one attached hydrogen (secondary N) is 1. The molecule has 0 radical (unpaired) electrons. The van der Waals surface area contributed by atoms with Gasteiger partial charge in [0, 0.05) is 13.0 Å². The summed E-state index contributed by atoms with van der Waals surface area (Å²) in [6, 6.07) is 9.42. The molecule has 2 rings (SSSR count). The van der Waals surface area contributed by atoms with Crippen LogP contribution in [0.2, 0.25) is 0 Å². The molecule has 0 saturated carbocycles. The Morgan fingerprint density at radius 1 is 1.22 bits per heavy atom. The molecule has 3 N–H and O–H groups in total. The molecule has 1 aliphatic rings. The number of primary amides is 1. The Labute approximate surface area is 136 Å². The molecule has 0 bridgehead atoms. The van der Waals surface area contributed by atoms with E-state index < -0.39 is 11.9 Å². The smallest absolute Gasteiger partial charge is 0.242 e. The van der Waals surface area contributed by atoms with Gasteiger partial charge < -0.3 is 16.0 Å². The molecule has 1 unspecified atom stereocenters. The second-order valence-corrected chi connectivity index (χ2v) is 5.76. The summed E-state index contributed by atoms with van der Waals surface area (Å²) in [6.07, 6.45) is 3.31. The molecule has 23 heavy (non-hydrogen) atoms. The largest absolute Gasteiger partial charge is 0.368 e. The number of nitrogens with zero attached hydrogens (tertiary/aromatic N) is 1. The Kier molecular flexibility index (Phi) is 6.14. The average molecular weight is 317 g/mol. The highest BCUT2D eigenvalue weighted by molar-refractivity contribution is 5.90. The van der Waals surface area contributed by atoms with Crippen LogP contribution in [-0.2, 0) is 20.8 Å². The second kappa shape index (κ2) is 8.31. The summed E-state index contributed by atoms with van der Waals surface area (Å²) in [6.45, 7) is 0.449. The van der Waals surface area contributed by atoms with Gasteiger partial charge in [-0.25, -0.2) is 0 Å². The van der Waals surface area contributed by atoms with Gasteiger partial charge in [0.2, 0.25) is 17.7 Å². The van der Waals surface area contributed by atoms with Gasteiger partial charge in [0.15, 0.2) is 0 Å². The standard InChI is InChI=1S/C17H23N3O3/c18-17(23)14-9-5-11-20(14)16(22)12-19-15(21)10-4-8-13-6-2-1-3-7-13/h1-3,6-7,14H,4-5,8-12H2,(H2,18,23)(H,19,21). The molecule has 6 heteroatoms. The van der Waals surface area contributed by atoms with E-state index in [1.54, 1.807) is 0 Å². The fourth-order valence-corrected chi connectivity index (χ4v) is 2.82. The predicted molar refractivity (Wildman–Crippen MR) is 86.3 cm³/mol. The van der Waals surface area contributed by atoms with Crippen molar-refractivity contribution in [2.45, 2.75) is 38.1 Å². The maximum atomic E-state index is 12.1. The summed E-state index contributed by atoms with van der Waals surface area (Å²) in [5, 5.41) is 2.62. The highest BCUT2D eigenvalue weighted by Gasteiger charge is 2.32. The Morgan fingerprint density at radius 3 is 2.65 bits per heavy atom. The summed E-state index contributed by atoms with van der Waals surface area (Å²) in [7, 11) is 0. The van der Waals surface area contributed by atoms with Crippen molar-refractivity contribution >= 4 is 17.7 Å². The zero-order valence-electron chi connectivity index (χ0n) is 13.2. The summed E-state index contributed by atoms with van der Waals surface area (Å²) >= 11 is 0. The third-order valence-electron chi connectivity index (χ3n) is 4.05. The van der Waals surface area contributed by atoms with Gasteiger partial charge in [0.25, 0.3) is 0 Å². The minimum Gasteiger partial charge on any atom is -0.368 e. The van der Waals surface area contributed by atoms with Gasteiger partial charge in [-0.1, -0.05) is 30.3 Å². The summed E-state index contributed by atoms with van der Waals surface area (Å²) < 4.78 is 0. The number of aryl methyl sites for hydroxylation is 1. The SMILES string of the molecule is NC(=O)C1CCCN1C(=O)CNC(=O)CCCc1ccccc1. The summed E-state index contributed by atoms with van der Waals surface area (Å²) in [4.78, 5) is 36.6. The van der Waals surface area contributed by atoms with Crippen LogP contribution in [0.4, 0.5) is 0 Å².